The van der Waals surface area contributed by atoms with Gasteiger partial charge in [0.1, 0.15) is 0 Å². The highest BCUT2D eigenvalue weighted by molar-refractivity contribution is 7.90. The number of rotatable bonds is 7. The van der Waals surface area contributed by atoms with E-state index >= 15 is 0 Å². The molecular weight excluding hydrogens is 274 g/mol. The predicted molar refractivity (Wildman–Crippen MR) is 78.2 cm³/mol. The molecule has 0 unspecified atom stereocenters. The summed E-state index contributed by atoms with van der Waals surface area (Å²) in [7, 11) is -3.67. The highest BCUT2D eigenvalue weighted by Gasteiger charge is 2.28. The summed E-state index contributed by atoms with van der Waals surface area (Å²) >= 11 is 0. The van der Waals surface area contributed by atoms with Crippen molar-refractivity contribution in [3.8, 4) is 6.07 Å². The lowest BCUT2D eigenvalue weighted by atomic mass is 10.0. The molecule has 5 nitrogen and oxygen atoms in total. The van der Waals surface area contributed by atoms with Gasteiger partial charge in [0.05, 0.1) is 17.8 Å². The van der Waals surface area contributed by atoms with E-state index in [1.54, 1.807) is 25.3 Å². The van der Waals surface area contributed by atoms with Crippen molar-refractivity contribution in [2.75, 3.05) is 0 Å². The van der Waals surface area contributed by atoms with Crippen molar-refractivity contribution >= 4 is 10.0 Å². The number of sulfonamides is 1. The van der Waals surface area contributed by atoms with Gasteiger partial charge >= 0.3 is 0 Å². The molecule has 0 aliphatic rings. The van der Waals surface area contributed by atoms with Crippen molar-refractivity contribution in [1.29, 1.82) is 5.26 Å². The first kappa shape index (κ1) is 16.6. The summed E-state index contributed by atoms with van der Waals surface area (Å²) < 4.78 is 27.0. The van der Waals surface area contributed by atoms with Gasteiger partial charge in [-0.25, -0.2) is 13.1 Å². The van der Waals surface area contributed by atoms with Crippen molar-refractivity contribution in [1.82, 2.24) is 9.71 Å². The largest absolute Gasteiger partial charge is 0.260 e. The average Bonchev–Trinajstić information content (AvgIpc) is 2.39. The molecule has 1 aromatic heterocycles. The molecule has 2 atom stereocenters. The highest BCUT2D eigenvalue weighted by Crippen LogP contribution is 2.21. The maximum atomic E-state index is 12.2. The quantitative estimate of drug-likeness (QED) is 0.837. The number of nitriles is 1. The summed E-state index contributed by atoms with van der Waals surface area (Å²) in [6, 6.07) is 6.84. The molecule has 1 rings (SSSR count). The number of hydrogen-bond acceptors (Lipinski definition) is 4. The second-order valence-corrected chi connectivity index (χ2v) is 7.02. The smallest absolute Gasteiger partial charge is 0.228 e. The molecule has 0 fully saturated rings. The van der Waals surface area contributed by atoms with E-state index < -0.39 is 21.3 Å². The highest BCUT2D eigenvalue weighted by atomic mass is 32.2. The second kappa shape index (κ2) is 7.36. The number of nitrogens with one attached hydrogen (secondary N) is 1. The van der Waals surface area contributed by atoms with Crippen LogP contribution in [0.5, 0.6) is 0 Å². The van der Waals surface area contributed by atoms with Crippen LogP contribution < -0.4 is 4.72 Å². The van der Waals surface area contributed by atoms with Crippen molar-refractivity contribution in [2.24, 2.45) is 5.92 Å². The van der Waals surface area contributed by atoms with Crippen LogP contribution in [0.1, 0.15) is 45.3 Å². The zero-order valence-corrected chi connectivity index (χ0v) is 12.9. The molecule has 0 saturated heterocycles. The Kier molecular flexibility index (Phi) is 6.11. The number of pyridine rings is 1. The Morgan fingerprint density at radius 1 is 1.40 bits per heavy atom. The molecule has 1 aromatic rings. The molecule has 0 bridgehead atoms. The lowest BCUT2D eigenvalue weighted by Crippen LogP contribution is -2.36. The van der Waals surface area contributed by atoms with Crippen molar-refractivity contribution in [3.63, 3.8) is 0 Å². The summed E-state index contributed by atoms with van der Waals surface area (Å²) in [4.78, 5) is 4.22. The molecule has 6 heteroatoms. The van der Waals surface area contributed by atoms with Crippen LogP contribution in [0.25, 0.3) is 0 Å². The van der Waals surface area contributed by atoms with E-state index in [0.717, 1.165) is 0 Å². The summed E-state index contributed by atoms with van der Waals surface area (Å²) in [5.74, 6) is 0.312. The molecular formula is C14H21N3O2S. The minimum Gasteiger partial charge on any atom is -0.260 e. The molecule has 0 amide bonds. The van der Waals surface area contributed by atoms with Gasteiger partial charge in [0, 0.05) is 6.20 Å². The second-order valence-electron chi connectivity index (χ2n) is 5.13. The minimum absolute atomic E-state index is 0.266. The van der Waals surface area contributed by atoms with Crippen LogP contribution in [-0.4, -0.2) is 18.7 Å². The Morgan fingerprint density at radius 2 is 2.10 bits per heavy atom. The third-order valence-corrected chi connectivity index (χ3v) is 4.75. The van der Waals surface area contributed by atoms with Crippen LogP contribution in [0.3, 0.4) is 0 Å². The third-order valence-electron chi connectivity index (χ3n) is 2.95. The maximum absolute atomic E-state index is 12.2. The minimum atomic E-state index is -3.67. The van der Waals surface area contributed by atoms with Gasteiger partial charge in [-0.2, -0.15) is 5.26 Å². The lowest BCUT2D eigenvalue weighted by Gasteiger charge is -2.21. The summed E-state index contributed by atoms with van der Waals surface area (Å²) in [5.41, 5.74) is 0.678. The van der Waals surface area contributed by atoms with E-state index in [-0.39, 0.29) is 6.42 Å². The van der Waals surface area contributed by atoms with Gasteiger partial charge < -0.3 is 0 Å². The van der Waals surface area contributed by atoms with Crippen LogP contribution in [0.15, 0.2) is 24.4 Å². The molecule has 0 saturated carbocycles. The predicted octanol–water partition coefficient (Wildman–Crippen LogP) is 2.39. The van der Waals surface area contributed by atoms with Gasteiger partial charge in [-0.15, -0.1) is 0 Å². The number of hydrogen-bond donors (Lipinski definition) is 1. The van der Waals surface area contributed by atoms with Crippen LogP contribution in [0.4, 0.5) is 0 Å². The lowest BCUT2D eigenvalue weighted by molar-refractivity contribution is 0.463. The fraction of sp³-hybridized carbons (Fsp3) is 0.571. The van der Waals surface area contributed by atoms with E-state index in [9.17, 15) is 8.42 Å². The number of aromatic nitrogens is 1. The Hall–Kier alpha value is -1.45. The Balaban J connectivity index is 3.00. The van der Waals surface area contributed by atoms with Crippen molar-refractivity contribution in [2.45, 2.75) is 44.9 Å². The van der Waals surface area contributed by atoms with Gasteiger partial charge in [-0.1, -0.05) is 26.8 Å². The molecule has 0 aromatic carbocycles. The SMILES string of the molecule is CC[C@@H](C#N)S(=O)(=O)N[C@H](CC(C)C)c1ccccn1. The van der Waals surface area contributed by atoms with Crippen LogP contribution in [0, 0.1) is 17.2 Å². The van der Waals surface area contributed by atoms with Gasteiger partial charge in [0.15, 0.2) is 5.25 Å². The third kappa shape index (κ3) is 4.58. The Morgan fingerprint density at radius 3 is 2.55 bits per heavy atom. The first-order valence-electron chi connectivity index (χ1n) is 6.72. The molecule has 110 valence electrons. The first-order chi connectivity index (χ1) is 9.40. The summed E-state index contributed by atoms with van der Waals surface area (Å²) in [6.45, 7) is 5.73. The molecule has 20 heavy (non-hydrogen) atoms. The summed E-state index contributed by atoms with van der Waals surface area (Å²) in [5, 5.41) is 7.92. The number of nitrogens with zero attached hydrogens (tertiary/aromatic N) is 2. The van der Waals surface area contributed by atoms with Crippen LogP contribution >= 0.6 is 0 Å². The van der Waals surface area contributed by atoms with Crippen molar-refractivity contribution < 1.29 is 8.42 Å². The van der Waals surface area contributed by atoms with Gasteiger partial charge in [-0.05, 0) is 30.9 Å². The van der Waals surface area contributed by atoms with E-state index in [2.05, 4.69) is 9.71 Å². The topological polar surface area (TPSA) is 82.8 Å². The van der Waals surface area contributed by atoms with Gasteiger partial charge in [0.2, 0.25) is 10.0 Å². The Labute approximate surface area is 121 Å². The molecule has 0 radical (unpaired) electrons. The van der Waals surface area contributed by atoms with Gasteiger partial charge in [0.25, 0.3) is 0 Å². The average molecular weight is 295 g/mol. The summed E-state index contributed by atoms with van der Waals surface area (Å²) in [6.07, 6.45) is 2.54. The van der Waals surface area contributed by atoms with E-state index in [4.69, 9.17) is 5.26 Å². The monoisotopic (exact) mass is 295 g/mol. The molecule has 0 aliphatic carbocycles. The standard InChI is InChI=1S/C14H21N3O2S/c1-4-12(10-15)20(18,19)17-14(9-11(2)3)13-7-5-6-8-16-13/h5-8,11-12,14,17H,4,9H2,1-3H3/t12-,14+/m0/s1. The zero-order valence-electron chi connectivity index (χ0n) is 12.1. The normalized spacial score (nSPS) is 14.8. The van der Waals surface area contributed by atoms with E-state index in [1.807, 2.05) is 26.0 Å². The Bertz CT molecular complexity index is 550. The molecule has 1 N–H and O–H groups in total. The molecule has 1 heterocycles. The first-order valence-corrected chi connectivity index (χ1v) is 8.27. The van der Waals surface area contributed by atoms with Crippen LogP contribution in [-0.2, 0) is 10.0 Å². The fourth-order valence-electron chi connectivity index (χ4n) is 1.94. The van der Waals surface area contributed by atoms with Crippen molar-refractivity contribution in [3.05, 3.63) is 30.1 Å². The fourth-order valence-corrected chi connectivity index (χ4v) is 3.30. The van der Waals surface area contributed by atoms with E-state index in [1.165, 1.54) is 0 Å². The molecule has 0 spiro atoms. The maximum Gasteiger partial charge on any atom is 0.228 e. The van der Waals surface area contributed by atoms with Gasteiger partial charge in [-0.3, -0.25) is 4.98 Å². The van der Waals surface area contributed by atoms with E-state index in [0.29, 0.717) is 18.0 Å². The zero-order chi connectivity index (χ0) is 15.2. The molecule has 0 aliphatic heterocycles. The van der Waals surface area contributed by atoms with Crippen LogP contribution in [0.2, 0.25) is 0 Å².